The SMILES string of the molecule is CN(C)CCN(C(=O)C(=O)Nc1ccc(Cl)c([N+](=O)[O-])c1)C1CCS(=O)(=O)C1. The summed E-state index contributed by atoms with van der Waals surface area (Å²) in [6.07, 6.45) is 0.265. The third-order valence-electron chi connectivity index (χ3n) is 4.29. The number of sulfone groups is 1. The van der Waals surface area contributed by atoms with Gasteiger partial charge in [-0.05, 0) is 32.6 Å². The zero-order valence-electron chi connectivity index (χ0n) is 15.4. The van der Waals surface area contributed by atoms with Gasteiger partial charge in [0, 0.05) is 30.9 Å². The van der Waals surface area contributed by atoms with Gasteiger partial charge >= 0.3 is 11.8 Å². The molecule has 0 bridgehead atoms. The molecule has 1 aromatic rings. The lowest BCUT2D eigenvalue weighted by Crippen LogP contribution is -2.48. The zero-order valence-corrected chi connectivity index (χ0v) is 17.0. The number of carbonyl (C=O) groups is 2. The van der Waals surface area contributed by atoms with Gasteiger partial charge in [-0.1, -0.05) is 11.6 Å². The number of nitrogens with zero attached hydrogens (tertiary/aromatic N) is 3. The predicted molar refractivity (Wildman–Crippen MR) is 104 cm³/mol. The molecule has 12 heteroatoms. The van der Waals surface area contributed by atoms with Crippen molar-refractivity contribution in [2.75, 3.05) is 44.0 Å². The molecule has 1 heterocycles. The van der Waals surface area contributed by atoms with Crippen molar-refractivity contribution < 1.29 is 22.9 Å². The van der Waals surface area contributed by atoms with E-state index in [1.54, 1.807) is 14.1 Å². The van der Waals surface area contributed by atoms with Crippen LogP contribution in [0.25, 0.3) is 0 Å². The average molecular weight is 433 g/mol. The normalized spacial score (nSPS) is 18.1. The Kier molecular flexibility index (Phi) is 6.96. The first-order chi connectivity index (χ1) is 13.0. The minimum absolute atomic E-state index is 0.0333. The molecule has 0 radical (unpaired) electrons. The first kappa shape index (κ1) is 22.1. The second kappa shape index (κ2) is 8.84. The van der Waals surface area contributed by atoms with Crippen molar-refractivity contribution in [3.8, 4) is 0 Å². The number of amides is 2. The highest BCUT2D eigenvalue weighted by Crippen LogP contribution is 2.27. The largest absolute Gasteiger partial charge is 0.329 e. The van der Waals surface area contributed by atoms with Crippen LogP contribution >= 0.6 is 11.6 Å². The quantitative estimate of drug-likeness (QED) is 0.399. The Balaban J connectivity index is 2.17. The summed E-state index contributed by atoms with van der Waals surface area (Å²) in [5, 5.41) is 13.2. The molecule has 0 spiro atoms. The van der Waals surface area contributed by atoms with Crippen LogP contribution in [0.3, 0.4) is 0 Å². The van der Waals surface area contributed by atoms with Crippen molar-refractivity contribution in [3.05, 3.63) is 33.3 Å². The number of halogens is 1. The maximum atomic E-state index is 12.7. The van der Waals surface area contributed by atoms with Gasteiger partial charge in [-0.3, -0.25) is 19.7 Å². The van der Waals surface area contributed by atoms with Gasteiger partial charge < -0.3 is 15.1 Å². The molecule has 0 aromatic heterocycles. The molecule has 2 amide bonds. The first-order valence-corrected chi connectivity index (χ1v) is 10.6. The fourth-order valence-corrected chi connectivity index (χ4v) is 4.74. The number of nitro groups is 1. The summed E-state index contributed by atoms with van der Waals surface area (Å²) < 4.78 is 23.5. The van der Waals surface area contributed by atoms with Gasteiger partial charge in [-0.2, -0.15) is 0 Å². The lowest BCUT2D eigenvalue weighted by atomic mass is 10.2. The van der Waals surface area contributed by atoms with Crippen LogP contribution < -0.4 is 5.32 Å². The van der Waals surface area contributed by atoms with Crippen molar-refractivity contribution in [2.45, 2.75) is 12.5 Å². The van der Waals surface area contributed by atoms with E-state index >= 15 is 0 Å². The summed E-state index contributed by atoms with van der Waals surface area (Å²) in [4.78, 5) is 38.4. The smallest absolute Gasteiger partial charge is 0.313 e. The number of anilines is 1. The Bertz CT molecular complexity index is 889. The van der Waals surface area contributed by atoms with Crippen molar-refractivity contribution in [2.24, 2.45) is 0 Å². The van der Waals surface area contributed by atoms with Crippen LogP contribution in [0.5, 0.6) is 0 Å². The highest BCUT2D eigenvalue weighted by Gasteiger charge is 2.36. The summed E-state index contributed by atoms with van der Waals surface area (Å²) in [6.45, 7) is 0.627. The number of likely N-dealkylation sites (N-methyl/N-ethyl adjacent to an activating group) is 1. The summed E-state index contributed by atoms with van der Waals surface area (Å²) >= 11 is 5.73. The number of hydrogen-bond donors (Lipinski definition) is 1. The highest BCUT2D eigenvalue weighted by atomic mass is 35.5. The maximum Gasteiger partial charge on any atom is 0.313 e. The summed E-state index contributed by atoms with van der Waals surface area (Å²) in [6, 6.07) is 3.05. The van der Waals surface area contributed by atoms with Crippen LogP contribution in [-0.4, -0.2) is 79.7 Å². The first-order valence-electron chi connectivity index (χ1n) is 8.41. The Morgan fingerprint density at radius 1 is 1.32 bits per heavy atom. The van der Waals surface area contributed by atoms with Crippen LogP contribution in [0.4, 0.5) is 11.4 Å². The van der Waals surface area contributed by atoms with E-state index in [9.17, 15) is 28.1 Å². The number of nitrogens with one attached hydrogen (secondary N) is 1. The highest BCUT2D eigenvalue weighted by molar-refractivity contribution is 7.91. The molecular weight excluding hydrogens is 412 g/mol. The summed E-state index contributed by atoms with van der Waals surface area (Å²) in [5.41, 5.74) is -0.362. The van der Waals surface area contributed by atoms with Gasteiger partial charge in [-0.15, -0.1) is 0 Å². The van der Waals surface area contributed by atoms with Gasteiger partial charge in [-0.25, -0.2) is 8.42 Å². The zero-order chi connectivity index (χ0) is 21.1. The Hall–Kier alpha value is -2.24. The molecule has 154 valence electrons. The number of nitro benzene ring substituents is 1. The number of hydrogen-bond acceptors (Lipinski definition) is 7. The molecule has 1 fully saturated rings. The number of benzene rings is 1. The van der Waals surface area contributed by atoms with E-state index in [0.717, 1.165) is 6.07 Å². The number of rotatable bonds is 6. The minimum atomic E-state index is -3.25. The Morgan fingerprint density at radius 3 is 2.54 bits per heavy atom. The van der Waals surface area contributed by atoms with E-state index in [2.05, 4.69) is 5.32 Å². The molecule has 1 saturated heterocycles. The van der Waals surface area contributed by atoms with Gasteiger partial charge in [0.25, 0.3) is 5.69 Å². The monoisotopic (exact) mass is 432 g/mol. The molecule has 2 rings (SSSR count). The summed E-state index contributed by atoms with van der Waals surface area (Å²) in [7, 11) is 0.339. The molecule has 1 N–H and O–H groups in total. The molecule has 0 aliphatic carbocycles. The van der Waals surface area contributed by atoms with E-state index in [1.165, 1.54) is 17.0 Å². The Morgan fingerprint density at radius 2 is 2.00 bits per heavy atom. The van der Waals surface area contributed by atoms with Crippen LogP contribution in [0.15, 0.2) is 18.2 Å². The second-order valence-corrected chi connectivity index (χ2v) is 9.37. The molecular formula is C16H21ClN4O6S. The van der Waals surface area contributed by atoms with Gasteiger partial charge in [0.05, 0.1) is 16.4 Å². The Labute approximate surface area is 167 Å². The van der Waals surface area contributed by atoms with E-state index in [1.807, 2.05) is 4.90 Å². The van der Waals surface area contributed by atoms with Crippen molar-refractivity contribution >= 4 is 44.6 Å². The molecule has 1 aromatic carbocycles. The third-order valence-corrected chi connectivity index (χ3v) is 6.36. The molecule has 1 unspecified atom stereocenters. The van der Waals surface area contributed by atoms with Crippen molar-refractivity contribution in [1.82, 2.24) is 9.80 Å². The van der Waals surface area contributed by atoms with E-state index in [4.69, 9.17) is 11.6 Å². The number of carbonyl (C=O) groups excluding carboxylic acids is 2. The van der Waals surface area contributed by atoms with E-state index in [-0.39, 0.29) is 35.2 Å². The van der Waals surface area contributed by atoms with Gasteiger partial charge in [0.1, 0.15) is 5.02 Å². The standard InChI is InChI=1S/C16H21ClN4O6S/c1-19(2)6-7-20(12-5-8-28(26,27)10-12)16(23)15(22)18-11-3-4-13(17)14(9-11)21(24)25/h3-4,9,12H,5-8,10H2,1-2H3,(H,18,22). The van der Waals surface area contributed by atoms with Crippen LogP contribution in [-0.2, 0) is 19.4 Å². The lowest BCUT2D eigenvalue weighted by molar-refractivity contribution is -0.384. The molecule has 1 atom stereocenters. The average Bonchev–Trinajstić information content (AvgIpc) is 2.95. The maximum absolute atomic E-state index is 12.7. The van der Waals surface area contributed by atoms with Crippen LogP contribution in [0.1, 0.15) is 6.42 Å². The minimum Gasteiger partial charge on any atom is -0.329 e. The van der Waals surface area contributed by atoms with Gasteiger partial charge in [0.15, 0.2) is 9.84 Å². The van der Waals surface area contributed by atoms with Crippen molar-refractivity contribution in [3.63, 3.8) is 0 Å². The van der Waals surface area contributed by atoms with Crippen LogP contribution in [0, 0.1) is 10.1 Å². The third kappa shape index (κ3) is 5.63. The van der Waals surface area contributed by atoms with Gasteiger partial charge in [0.2, 0.25) is 0 Å². The fourth-order valence-electron chi connectivity index (χ4n) is 2.82. The van der Waals surface area contributed by atoms with E-state index < -0.39 is 38.3 Å². The summed E-state index contributed by atoms with van der Waals surface area (Å²) in [5.74, 6) is -2.11. The van der Waals surface area contributed by atoms with E-state index in [0.29, 0.717) is 6.54 Å². The van der Waals surface area contributed by atoms with Crippen LogP contribution in [0.2, 0.25) is 5.02 Å². The molecule has 1 aliphatic rings. The fraction of sp³-hybridized carbons (Fsp3) is 0.500. The van der Waals surface area contributed by atoms with Crippen molar-refractivity contribution in [1.29, 1.82) is 0 Å². The molecule has 1 aliphatic heterocycles. The second-order valence-electron chi connectivity index (χ2n) is 6.74. The predicted octanol–water partition coefficient (Wildman–Crippen LogP) is 0.764. The molecule has 28 heavy (non-hydrogen) atoms. The molecule has 10 nitrogen and oxygen atoms in total. The molecule has 0 saturated carbocycles. The topological polar surface area (TPSA) is 130 Å². The lowest BCUT2D eigenvalue weighted by Gasteiger charge is -2.28.